The van der Waals surface area contributed by atoms with Gasteiger partial charge in [-0.05, 0) is 53.4 Å². The summed E-state index contributed by atoms with van der Waals surface area (Å²) in [4.78, 5) is 10.9. The Morgan fingerprint density at radius 2 is 1.89 bits per heavy atom. The van der Waals surface area contributed by atoms with Gasteiger partial charge in [-0.15, -0.1) is 0 Å². The summed E-state index contributed by atoms with van der Waals surface area (Å²) >= 11 is 0. The largest absolute Gasteiger partial charge is 0.361 e. The monoisotopic (exact) mass is 356 g/mol. The van der Waals surface area contributed by atoms with Crippen LogP contribution in [0.5, 0.6) is 0 Å². The molecular weight excluding hydrogens is 336 g/mol. The number of allylic oxidation sites excluding steroid dienone is 1. The van der Waals surface area contributed by atoms with Crippen LogP contribution in [0.3, 0.4) is 0 Å². The molecule has 0 aliphatic carbocycles. The van der Waals surface area contributed by atoms with Gasteiger partial charge in [-0.2, -0.15) is 0 Å². The van der Waals surface area contributed by atoms with Crippen molar-refractivity contribution in [2.75, 3.05) is 5.32 Å². The fourth-order valence-electron chi connectivity index (χ4n) is 3.58. The van der Waals surface area contributed by atoms with Crippen LogP contribution in [0.2, 0.25) is 0 Å². The summed E-state index contributed by atoms with van der Waals surface area (Å²) in [5.74, 6) is -0.0726. The number of rotatable bonds is 4. The Kier molecular flexibility index (Phi) is 3.51. The number of fused-ring (bicyclic) bond motifs is 2. The molecule has 0 saturated heterocycles. The number of hydrogen-bond donors (Lipinski definition) is 5. The number of H-pyrrole nitrogens is 2. The molecular formula is C21H20N6. The van der Waals surface area contributed by atoms with Crippen molar-refractivity contribution in [3.63, 3.8) is 0 Å². The molecule has 0 spiro atoms. The molecule has 6 nitrogen and oxygen atoms in total. The molecule has 1 aliphatic rings. The van der Waals surface area contributed by atoms with Crippen LogP contribution >= 0.6 is 0 Å². The number of nitrogens with one attached hydrogen (secondary N) is 4. The van der Waals surface area contributed by atoms with Gasteiger partial charge < -0.3 is 20.6 Å². The predicted molar refractivity (Wildman–Crippen MR) is 111 cm³/mol. The minimum atomic E-state index is -0.896. The highest BCUT2D eigenvalue weighted by Gasteiger charge is 2.27. The van der Waals surface area contributed by atoms with Crippen LogP contribution in [0, 0.1) is 0 Å². The van der Waals surface area contributed by atoms with Gasteiger partial charge in [0.1, 0.15) is 5.82 Å². The third-order valence-electron chi connectivity index (χ3n) is 4.85. The van der Waals surface area contributed by atoms with Gasteiger partial charge >= 0.3 is 0 Å². The van der Waals surface area contributed by atoms with Crippen molar-refractivity contribution in [2.45, 2.75) is 12.2 Å². The van der Waals surface area contributed by atoms with E-state index in [9.17, 15) is 0 Å². The predicted octanol–water partition coefficient (Wildman–Crippen LogP) is 3.43. The standard InChI is InChI=1S/C21H20N6/c22-21(13-14-4-5-17-15(12-14)6-9-23-17)25-11-8-20(27-21)26-19-3-1-2-18-16(19)7-10-24-18/h1-12,23-24,26-27H,13,22H2. The van der Waals surface area contributed by atoms with Crippen molar-refractivity contribution >= 4 is 33.7 Å². The molecule has 0 saturated carbocycles. The van der Waals surface area contributed by atoms with E-state index >= 15 is 0 Å². The minimum Gasteiger partial charge on any atom is -0.361 e. The molecule has 4 aromatic rings. The van der Waals surface area contributed by atoms with Crippen molar-refractivity contribution in [2.24, 2.45) is 10.7 Å². The van der Waals surface area contributed by atoms with E-state index in [0.717, 1.165) is 33.5 Å². The van der Waals surface area contributed by atoms with Crippen molar-refractivity contribution in [3.8, 4) is 0 Å². The lowest BCUT2D eigenvalue weighted by atomic mass is 10.0. The molecule has 0 amide bonds. The molecule has 27 heavy (non-hydrogen) atoms. The summed E-state index contributed by atoms with van der Waals surface area (Å²) in [5, 5.41) is 9.07. The fraction of sp³-hybridized carbons (Fsp3) is 0.0952. The van der Waals surface area contributed by atoms with Crippen molar-refractivity contribution in [3.05, 3.63) is 78.4 Å². The molecule has 6 N–H and O–H groups in total. The molecule has 0 radical (unpaired) electrons. The first-order chi connectivity index (χ1) is 13.2. The zero-order valence-corrected chi connectivity index (χ0v) is 14.7. The van der Waals surface area contributed by atoms with E-state index in [-0.39, 0.29) is 0 Å². The first-order valence-electron chi connectivity index (χ1n) is 8.90. The molecule has 1 unspecified atom stereocenters. The molecule has 0 bridgehead atoms. The summed E-state index contributed by atoms with van der Waals surface area (Å²) in [6.45, 7) is 0. The minimum absolute atomic E-state index is 0.581. The zero-order valence-electron chi connectivity index (χ0n) is 14.7. The van der Waals surface area contributed by atoms with Gasteiger partial charge in [-0.1, -0.05) is 12.1 Å². The third-order valence-corrected chi connectivity index (χ3v) is 4.85. The fourth-order valence-corrected chi connectivity index (χ4v) is 3.58. The van der Waals surface area contributed by atoms with Gasteiger partial charge in [0.2, 0.25) is 0 Å². The number of anilines is 1. The Hall–Kier alpha value is -3.51. The Balaban J connectivity index is 1.37. The maximum absolute atomic E-state index is 6.54. The summed E-state index contributed by atoms with van der Waals surface area (Å²) in [5.41, 5.74) is 10.9. The van der Waals surface area contributed by atoms with Gasteiger partial charge in [-0.3, -0.25) is 10.7 Å². The number of hydrogen-bond acceptors (Lipinski definition) is 4. The van der Waals surface area contributed by atoms with E-state index in [1.165, 1.54) is 5.39 Å². The molecule has 2 aromatic heterocycles. The second-order valence-corrected chi connectivity index (χ2v) is 6.85. The zero-order chi connectivity index (χ0) is 18.3. The highest BCUT2D eigenvalue weighted by Crippen LogP contribution is 2.24. The number of aromatic nitrogens is 2. The van der Waals surface area contributed by atoms with Gasteiger partial charge in [0.15, 0.2) is 5.79 Å². The second-order valence-electron chi connectivity index (χ2n) is 6.85. The van der Waals surface area contributed by atoms with E-state index in [1.54, 1.807) is 6.21 Å². The maximum Gasteiger partial charge on any atom is 0.187 e. The van der Waals surface area contributed by atoms with E-state index in [0.29, 0.717) is 6.42 Å². The number of aliphatic imine (C=N–C) groups is 1. The average molecular weight is 356 g/mol. The number of nitrogens with zero attached hydrogens (tertiary/aromatic N) is 1. The van der Waals surface area contributed by atoms with Crippen molar-refractivity contribution in [1.29, 1.82) is 0 Å². The smallest absolute Gasteiger partial charge is 0.187 e. The lowest BCUT2D eigenvalue weighted by molar-refractivity contribution is 0.381. The molecule has 5 rings (SSSR count). The number of benzene rings is 2. The third kappa shape index (κ3) is 2.96. The molecule has 2 aromatic carbocycles. The van der Waals surface area contributed by atoms with E-state index < -0.39 is 5.79 Å². The van der Waals surface area contributed by atoms with Gasteiger partial charge in [0.05, 0.1) is 0 Å². The van der Waals surface area contributed by atoms with Gasteiger partial charge in [-0.25, -0.2) is 0 Å². The van der Waals surface area contributed by atoms with Gasteiger partial charge in [0.25, 0.3) is 0 Å². The Labute approximate surface area is 156 Å². The van der Waals surface area contributed by atoms with Crippen molar-refractivity contribution < 1.29 is 0 Å². The topological polar surface area (TPSA) is 94.0 Å². The van der Waals surface area contributed by atoms with Crippen LogP contribution in [0.1, 0.15) is 5.56 Å². The van der Waals surface area contributed by atoms with E-state index in [4.69, 9.17) is 5.73 Å². The molecule has 1 aliphatic heterocycles. The van der Waals surface area contributed by atoms with E-state index in [1.807, 2.05) is 30.6 Å². The average Bonchev–Trinajstić information content (AvgIpc) is 3.30. The van der Waals surface area contributed by atoms with Crippen LogP contribution in [0.15, 0.2) is 77.8 Å². The molecule has 3 heterocycles. The summed E-state index contributed by atoms with van der Waals surface area (Å²) < 4.78 is 0. The second kappa shape index (κ2) is 6.03. The Bertz CT molecular complexity index is 1180. The number of aromatic amines is 2. The highest BCUT2D eigenvalue weighted by atomic mass is 15.3. The maximum atomic E-state index is 6.54. The van der Waals surface area contributed by atoms with Crippen LogP contribution < -0.4 is 16.4 Å². The quantitative estimate of drug-likeness (QED) is 0.388. The summed E-state index contributed by atoms with van der Waals surface area (Å²) in [7, 11) is 0. The summed E-state index contributed by atoms with van der Waals surface area (Å²) in [6, 6.07) is 16.5. The number of nitrogens with two attached hydrogens (primary N) is 1. The van der Waals surface area contributed by atoms with Crippen LogP contribution in [0.25, 0.3) is 21.8 Å². The van der Waals surface area contributed by atoms with Gasteiger partial charge in [0, 0.05) is 47.1 Å². The summed E-state index contributed by atoms with van der Waals surface area (Å²) in [6.07, 6.45) is 8.11. The highest BCUT2D eigenvalue weighted by molar-refractivity contribution is 5.93. The molecule has 1 atom stereocenters. The van der Waals surface area contributed by atoms with E-state index in [2.05, 4.69) is 62.0 Å². The normalized spacial score (nSPS) is 19.2. The van der Waals surface area contributed by atoms with Crippen LogP contribution in [-0.2, 0) is 6.42 Å². The first-order valence-corrected chi connectivity index (χ1v) is 8.90. The lowest BCUT2D eigenvalue weighted by Crippen LogP contribution is -2.55. The molecule has 0 fully saturated rings. The lowest BCUT2D eigenvalue weighted by Gasteiger charge is -2.31. The SMILES string of the molecule is NC1(Cc2ccc3[nH]ccc3c2)N=CC=C(Nc2cccc3[nH]ccc23)N1. The van der Waals surface area contributed by atoms with Crippen LogP contribution in [-0.4, -0.2) is 22.0 Å². The molecule has 134 valence electrons. The Morgan fingerprint density at radius 3 is 2.85 bits per heavy atom. The Morgan fingerprint density at radius 1 is 1.00 bits per heavy atom. The first kappa shape index (κ1) is 15.7. The van der Waals surface area contributed by atoms with Crippen LogP contribution in [0.4, 0.5) is 5.69 Å². The molecule has 6 heteroatoms. The van der Waals surface area contributed by atoms with Crippen molar-refractivity contribution in [1.82, 2.24) is 15.3 Å².